The predicted octanol–water partition coefficient (Wildman–Crippen LogP) is 3.87. The highest BCUT2D eigenvalue weighted by molar-refractivity contribution is 5.38. The molecule has 0 aromatic heterocycles. The van der Waals surface area contributed by atoms with Gasteiger partial charge >= 0.3 is 0 Å². The van der Waals surface area contributed by atoms with Gasteiger partial charge in [-0.3, -0.25) is 0 Å². The maximum Gasteiger partial charge on any atom is 0.134 e. The normalized spacial score (nSPS) is 12.3. The maximum atomic E-state index is 14.0. The molecule has 4 heteroatoms. The number of aliphatic hydroxyl groups excluding tert-OH is 1. The Labute approximate surface area is 123 Å². The average molecular weight is 292 g/mol. The first-order chi connectivity index (χ1) is 9.93. The molecule has 2 aromatic carbocycles. The standard InChI is InChI=1S/C17H18F2O2/c1-10-4-7-15(21-3)12(8-10)9-14(20)16-13(18)6-5-11(2)17(16)19/h4-8,14,20H,9H2,1-3H3. The Balaban J connectivity index is 2.37. The van der Waals surface area contributed by atoms with Crippen molar-refractivity contribution >= 4 is 0 Å². The minimum absolute atomic E-state index is 0.0855. The van der Waals surface area contributed by atoms with E-state index < -0.39 is 17.7 Å². The number of halogens is 2. The van der Waals surface area contributed by atoms with Gasteiger partial charge in [0, 0.05) is 6.42 Å². The molecule has 2 aromatic rings. The quantitative estimate of drug-likeness (QED) is 0.927. The first-order valence-corrected chi connectivity index (χ1v) is 6.70. The Morgan fingerprint density at radius 1 is 1.14 bits per heavy atom. The van der Waals surface area contributed by atoms with Gasteiger partial charge < -0.3 is 9.84 Å². The lowest BCUT2D eigenvalue weighted by Gasteiger charge is -2.16. The third kappa shape index (κ3) is 3.22. The van der Waals surface area contributed by atoms with E-state index in [4.69, 9.17) is 4.74 Å². The van der Waals surface area contributed by atoms with Crippen LogP contribution in [0, 0.1) is 25.5 Å². The Morgan fingerprint density at radius 3 is 2.52 bits per heavy atom. The van der Waals surface area contributed by atoms with Gasteiger partial charge in [-0.05, 0) is 37.1 Å². The van der Waals surface area contributed by atoms with Crippen LogP contribution in [0.5, 0.6) is 5.75 Å². The molecule has 0 heterocycles. The molecule has 0 radical (unpaired) electrons. The lowest BCUT2D eigenvalue weighted by molar-refractivity contribution is 0.167. The van der Waals surface area contributed by atoms with Gasteiger partial charge in [0.15, 0.2) is 0 Å². The van der Waals surface area contributed by atoms with Crippen LogP contribution in [0.1, 0.15) is 28.4 Å². The number of hydrogen-bond acceptors (Lipinski definition) is 2. The summed E-state index contributed by atoms with van der Waals surface area (Å²) in [6.07, 6.45) is -1.18. The second-order valence-electron chi connectivity index (χ2n) is 5.13. The minimum Gasteiger partial charge on any atom is -0.496 e. The Bertz CT molecular complexity index is 653. The van der Waals surface area contributed by atoms with E-state index in [2.05, 4.69) is 0 Å². The van der Waals surface area contributed by atoms with Crippen molar-refractivity contribution in [2.24, 2.45) is 0 Å². The van der Waals surface area contributed by atoms with E-state index in [0.29, 0.717) is 16.9 Å². The number of rotatable bonds is 4. The van der Waals surface area contributed by atoms with Crippen molar-refractivity contribution in [3.05, 3.63) is 64.2 Å². The van der Waals surface area contributed by atoms with Crippen LogP contribution in [0.25, 0.3) is 0 Å². The summed E-state index contributed by atoms with van der Waals surface area (Å²) in [6.45, 7) is 3.45. The predicted molar refractivity (Wildman–Crippen MR) is 77.5 cm³/mol. The molecule has 0 spiro atoms. The highest BCUT2D eigenvalue weighted by Crippen LogP contribution is 2.29. The van der Waals surface area contributed by atoms with E-state index in [1.54, 1.807) is 6.07 Å². The van der Waals surface area contributed by atoms with Gasteiger partial charge in [0.2, 0.25) is 0 Å². The van der Waals surface area contributed by atoms with Crippen LogP contribution in [-0.4, -0.2) is 12.2 Å². The van der Waals surface area contributed by atoms with E-state index in [9.17, 15) is 13.9 Å². The molecule has 0 saturated heterocycles. The van der Waals surface area contributed by atoms with Crippen molar-refractivity contribution in [1.82, 2.24) is 0 Å². The SMILES string of the molecule is COc1ccc(C)cc1CC(O)c1c(F)ccc(C)c1F. The fourth-order valence-corrected chi connectivity index (χ4v) is 2.36. The summed E-state index contributed by atoms with van der Waals surface area (Å²) in [6, 6.07) is 8.02. The number of benzene rings is 2. The van der Waals surface area contributed by atoms with Crippen molar-refractivity contribution < 1.29 is 18.6 Å². The highest BCUT2D eigenvalue weighted by Gasteiger charge is 2.21. The molecule has 0 aliphatic carbocycles. The highest BCUT2D eigenvalue weighted by atomic mass is 19.1. The van der Waals surface area contributed by atoms with Gasteiger partial charge in [0.05, 0.1) is 18.8 Å². The number of hydrogen-bond donors (Lipinski definition) is 1. The summed E-state index contributed by atoms with van der Waals surface area (Å²) < 4.78 is 33.1. The van der Waals surface area contributed by atoms with Crippen molar-refractivity contribution in [3.63, 3.8) is 0 Å². The van der Waals surface area contributed by atoms with Crippen LogP contribution < -0.4 is 4.74 Å². The molecule has 1 N–H and O–H groups in total. The van der Waals surface area contributed by atoms with E-state index in [-0.39, 0.29) is 12.0 Å². The third-order valence-electron chi connectivity index (χ3n) is 3.50. The van der Waals surface area contributed by atoms with E-state index in [1.807, 2.05) is 19.1 Å². The lowest BCUT2D eigenvalue weighted by Crippen LogP contribution is -2.09. The minimum atomic E-state index is -1.26. The molecule has 0 saturated carbocycles. The van der Waals surface area contributed by atoms with E-state index >= 15 is 0 Å². The van der Waals surface area contributed by atoms with Gasteiger partial charge in [-0.25, -0.2) is 8.78 Å². The Hall–Kier alpha value is -1.94. The summed E-state index contributed by atoms with van der Waals surface area (Å²) in [4.78, 5) is 0. The Kier molecular flexibility index (Phi) is 4.58. The van der Waals surface area contributed by atoms with Gasteiger partial charge in [-0.15, -0.1) is 0 Å². The number of aliphatic hydroxyl groups is 1. The fraction of sp³-hybridized carbons (Fsp3) is 0.294. The molecule has 0 aliphatic rings. The summed E-state index contributed by atoms with van der Waals surface area (Å²) in [5.74, 6) is -0.848. The van der Waals surface area contributed by atoms with Gasteiger partial charge in [0.1, 0.15) is 17.4 Å². The van der Waals surface area contributed by atoms with Crippen LogP contribution in [-0.2, 0) is 6.42 Å². The first-order valence-electron chi connectivity index (χ1n) is 6.70. The second-order valence-corrected chi connectivity index (χ2v) is 5.13. The lowest BCUT2D eigenvalue weighted by atomic mass is 9.97. The number of ether oxygens (including phenoxy) is 1. The molecule has 0 aliphatic heterocycles. The molecule has 112 valence electrons. The zero-order valence-electron chi connectivity index (χ0n) is 12.3. The molecular formula is C17H18F2O2. The summed E-state index contributed by atoms with van der Waals surface area (Å²) in [7, 11) is 1.52. The average Bonchev–Trinajstić information content (AvgIpc) is 2.43. The van der Waals surface area contributed by atoms with Crippen LogP contribution in [0.2, 0.25) is 0 Å². The largest absolute Gasteiger partial charge is 0.496 e. The maximum absolute atomic E-state index is 14.0. The number of aryl methyl sites for hydroxylation is 2. The van der Waals surface area contributed by atoms with E-state index in [0.717, 1.165) is 5.56 Å². The third-order valence-corrected chi connectivity index (χ3v) is 3.50. The summed E-state index contributed by atoms with van der Waals surface area (Å²) in [5.41, 5.74) is 1.72. The van der Waals surface area contributed by atoms with Crippen LogP contribution in [0.4, 0.5) is 8.78 Å². The number of methoxy groups -OCH3 is 1. The van der Waals surface area contributed by atoms with Crippen molar-refractivity contribution in [2.45, 2.75) is 26.4 Å². The molecule has 0 bridgehead atoms. The molecule has 2 rings (SSSR count). The first kappa shape index (κ1) is 15.4. The molecule has 0 amide bonds. The zero-order chi connectivity index (χ0) is 15.6. The van der Waals surface area contributed by atoms with Crippen LogP contribution >= 0.6 is 0 Å². The molecule has 21 heavy (non-hydrogen) atoms. The van der Waals surface area contributed by atoms with Crippen molar-refractivity contribution in [1.29, 1.82) is 0 Å². The molecule has 0 fully saturated rings. The van der Waals surface area contributed by atoms with E-state index in [1.165, 1.54) is 26.2 Å². The van der Waals surface area contributed by atoms with Crippen molar-refractivity contribution in [3.8, 4) is 5.75 Å². The molecule has 1 atom stereocenters. The van der Waals surface area contributed by atoms with Gasteiger partial charge in [-0.1, -0.05) is 23.8 Å². The van der Waals surface area contributed by atoms with Gasteiger partial charge in [-0.2, -0.15) is 0 Å². The smallest absolute Gasteiger partial charge is 0.134 e. The summed E-state index contributed by atoms with van der Waals surface area (Å²) >= 11 is 0. The van der Waals surface area contributed by atoms with Crippen molar-refractivity contribution in [2.75, 3.05) is 7.11 Å². The molecule has 2 nitrogen and oxygen atoms in total. The van der Waals surface area contributed by atoms with Gasteiger partial charge in [0.25, 0.3) is 0 Å². The monoisotopic (exact) mass is 292 g/mol. The zero-order valence-corrected chi connectivity index (χ0v) is 12.3. The summed E-state index contributed by atoms with van der Waals surface area (Å²) in [5, 5.41) is 10.2. The Morgan fingerprint density at radius 2 is 1.86 bits per heavy atom. The molecular weight excluding hydrogens is 274 g/mol. The fourth-order valence-electron chi connectivity index (χ4n) is 2.36. The molecule has 1 unspecified atom stereocenters. The van der Waals surface area contributed by atoms with Crippen LogP contribution in [0.3, 0.4) is 0 Å². The topological polar surface area (TPSA) is 29.5 Å². The second kappa shape index (κ2) is 6.22. The van der Waals surface area contributed by atoms with Crippen LogP contribution in [0.15, 0.2) is 30.3 Å².